The molecule has 4 aromatic rings. The van der Waals surface area contributed by atoms with Gasteiger partial charge in [-0.1, -0.05) is 41.4 Å². The normalized spacial score (nSPS) is 11.7. The van der Waals surface area contributed by atoms with E-state index in [4.69, 9.17) is 27.9 Å². The van der Waals surface area contributed by atoms with Crippen molar-refractivity contribution in [2.45, 2.75) is 6.04 Å². The Balaban J connectivity index is 1.77. The zero-order valence-electron chi connectivity index (χ0n) is 17.4. The first kappa shape index (κ1) is 23.3. The quantitative estimate of drug-likeness (QED) is 0.259. The van der Waals surface area contributed by atoms with Gasteiger partial charge in [-0.15, -0.1) is 0 Å². The number of nitrogens with zero attached hydrogens (tertiary/aromatic N) is 2. The van der Waals surface area contributed by atoms with Gasteiger partial charge in [0, 0.05) is 39.9 Å². The Morgan fingerprint density at radius 3 is 2.56 bits per heavy atom. The molecule has 0 spiro atoms. The molecule has 1 atom stereocenters. The number of rotatable bonds is 7. The van der Waals surface area contributed by atoms with Gasteiger partial charge in [-0.05, 0) is 36.4 Å². The number of carbonyl (C=O) groups excluding carboxylic acids is 1. The van der Waals surface area contributed by atoms with Crippen LogP contribution in [-0.4, -0.2) is 27.5 Å². The summed E-state index contributed by atoms with van der Waals surface area (Å²) in [5.74, 6) is -0.298. The number of amides is 1. The third-order valence-electron chi connectivity index (χ3n) is 5.08. The van der Waals surface area contributed by atoms with E-state index in [1.807, 2.05) is 6.07 Å². The summed E-state index contributed by atoms with van der Waals surface area (Å²) in [6.07, 6.45) is 1.49. The zero-order valence-corrected chi connectivity index (χ0v) is 19.0. The van der Waals surface area contributed by atoms with E-state index in [1.54, 1.807) is 36.4 Å². The Labute approximate surface area is 203 Å². The van der Waals surface area contributed by atoms with Crippen molar-refractivity contribution < 1.29 is 19.6 Å². The van der Waals surface area contributed by atoms with Crippen molar-refractivity contribution >= 4 is 45.7 Å². The SMILES string of the molecule is O=C(COc1ccccc1)NC(c1cc([N+](=O)[O-])ccc1Cl)c1cc(Cl)c2cccnc2c1O. The molecule has 1 unspecified atom stereocenters. The Morgan fingerprint density at radius 1 is 1.06 bits per heavy atom. The molecule has 0 saturated carbocycles. The molecule has 34 heavy (non-hydrogen) atoms. The van der Waals surface area contributed by atoms with E-state index in [9.17, 15) is 20.0 Å². The van der Waals surface area contributed by atoms with Gasteiger partial charge in [0.05, 0.1) is 16.0 Å². The van der Waals surface area contributed by atoms with Crippen molar-refractivity contribution in [3.8, 4) is 11.5 Å². The molecule has 1 aromatic heterocycles. The minimum Gasteiger partial charge on any atom is -0.505 e. The number of nitro benzene ring substituents is 1. The number of fused-ring (bicyclic) bond motifs is 1. The predicted molar refractivity (Wildman–Crippen MR) is 128 cm³/mol. The number of aromatic nitrogens is 1. The summed E-state index contributed by atoms with van der Waals surface area (Å²) in [5, 5.41) is 26.1. The summed E-state index contributed by atoms with van der Waals surface area (Å²) in [6.45, 7) is -0.340. The maximum atomic E-state index is 12.8. The fourth-order valence-electron chi connectivity index (χ4n) is 3.48. The van der Waals surface area contributed by atoms with Crippen LogP contribution < -0.4 is 10.1 Å². The van der Waals surface area contributed by atoms with Gasteiger partial charge in [0.1, 0.15) is 17.0 Å². The maximum Gasteiger partial charge on any atom is 0.269 e. The fraction of sp³-hybridized carbons (Fsp3) is 0.0833. The van der Waals surface area contributed by atoms with Gasteiger partial charge < -0.3 is 15.2 Å². The number of benzene rings is 3. The minimum atomic E-state index is -1.08. The number of hydrogen-bond acceptors (Lipinski definition) is 6. The van der Waals surface area contributed by atoms with Crippen LogP contribution >= 0.6 is 23.2 Å². The molecule has 0 radical (unpaired) electrons. The third-order valence-corrected chi connectivity index (χ3v) is 5.73. The monoisotopic (exact) mass is 497 g/mol. The van der Waals surface area contributed by atoms with Gasteiger partial charge in [-0.25, -0.2) is 0 Å². The molecule has 4 rings (SSSR count). The largest absolute Gasteiger partial charge is 0.505 e. The first-order chi connectivity index (χ1) is 16.3. The number of aromatic hydroxyl groups is 1. The van der Waals surface area contributed by atoms with Crippen LogP contribution in [0.5, 0.6) is 11.5 Å². The molecule has 172 valence electrons. The maximum absolute atomic E-state index is 12.8. The van der Waals surface area contributed by atoms with E-state index in [0.29, 0.717) is 11.1 Å². The van der Waals surface area contributed by atoms with Crippen LogP contribution in [0.3, 0.4) is 0 Å². The second-order valence-corrected chi connectivity index (χ2v) is 8.08. The van der Waals surface area contributed by atoms with E-state index in [0.717, 1.165) is 0 Å². The molecule has 1 heterocycles. The summed E-state index contributed by atoms with van der Waals surface area (Å²) >= 11 is 12.8. The van der Waals surface area contributed by atoms with E-state index >= 15 is 0 Å². The Kier molecular flexibility index (Phi) is 6.81. The molecule has 0 aliphatic heterocycles. The van der Waals surface area contributed by atoms with Crippen LogP contribution in [0.25, 0.3) is 10.9 Å². The van der Waals surface area contributed by atoms with Crippen LogP contribution in [0.2, 0.25) is 10.0 Å². The van der Waals surface area contributed by atoms with Crippen molar-refractivity contribution in [2.24, 2.45) is 0 Å². The topological polar surface area (TPSA) is 115 Å². The van der Waals surface area contributed by atoms with Crippen LogP contribution in [0.1, 0.15) is 17.2 Å². The fourth-order valence-corrected chi connectivity index (χ4v) is 3.98. The molecule has 0 aliphatic rings. The number of ether oxygens (including phenoxy) is 1. The molecule has 10 heteroatoms. The highest BCUT2D eigenvalue weighted by Gasteiger charge is 2.27. The number of phenols is 1. The second kappa shape index (κ2) is 9.94. The molecule has 8 nitrogen and oxygen atoms in total. The predicted octanol–water partition coefficient (Wildman–Crippen LogP) is 5.44. The number of pyridine rings is 1. The first-order valence-electron chi connectivity index (χ1n) is 10.0. The number of halogens is 2. The summed E-state index contributed by atoms with van der Waals surface area (Å²) in [7, 11) is 0. The summed E-state index contributed by atoms with van der Waals surface area (Å²) < 4.78 is 5.50. The van der Waals surface area contributed by atoms with Crippen molar-refractivity contribution in [1.29, 1.82) is 0 Å². The number of non-ortho nitro benzene ring substituents is 1. The lowest BCUT2D eigenvalue weighted by Gasteiger charge is -2.23. The van der Waals surface area contributed by atoms with Crippen molar-refractivity contribution in [2.75, 3.05) is 6.61 Å². The number of hydrogen-bond donors (Lipinski definition) is 2. The Morgan fingerprint density at radius 2 is 1.82 bits per heavy atom. The van der Waals surface area contributed by atoms with Gasteiger partial charge in [0.25, 0.3) is 11.6 Å². The number of para-hydroxylation sites is 1. The number of carbonyl (C=O) groups is 1. The molecular weight excluding hydrogens is 481 g/mol. The van der Waals surface area contributed by atoms with Crippen molar-refractivity contribution in [1.82, 2.24) is 10.3 Å². The van der Waals surface area contributed by atoms with Crippen molar-refractivity contribution in [3.05, 3.63) is 104 Å². The van der Waals surface area contributed by atoms with Crippen LogP contribution in [0, 0.1) is 10.1 Å². The lowest BCUT2D eigenvalue weighted by atomic mass is 9.95. The third kappa shape index (κ3) is 4.88. The van der Waals surface area contributed by atoms with Crippen LogP contribution in [0.15, 0.2) is 72.9 Å². The van der Waals surface area contributed by atoms with E-state index < -0.39 is 16.9 Å². The average molecular weight is 498 g/mol. The molecule has 3 aromatic carbocycles. The van der Waals surface area contributed by atoms with Crippen LogP contribution in [-0.2, 0) is 4.79 Å². The van der Waals surface area contributed by atoms with Crippen LogP contribution in [0.4, 0.5) is 5.69 Å². The highest BCUT2D eigenvalue weighted by Crippen LogP contribution is 2.40. The summed E-state index contributed by atoms with van der Waals surface area (Å²) in [4.78, 5) is 27.8. The molecule has 2 N–H and O–H groups in total. The van der Waals surface area contributed by atoms with E-state index in [1.165, 1.54) is 30.5 Å². The zero-order chi connectivity index (χ0) is 24.2. The van der Waals surface area contributed by atoms with E-state index in [2.05, 4.69) is 10.3 Å². The molecule has 0 fully saturated rings. The second-order valence-electron chi connectivity index (χ2n) is 7.26. The highest BCUT2D eigenvalue weighted by molar-refractivity contribution is 6.35. The summed E-state index contributed by atoms with van der Waals surface area (Å²) in [5.41, 5.74) is 0.354. The molecule has 0 aliphatic carbocycles. The Bertz CT molecular complexity index is 1380. The minimum absolute atomic E-state index is 0.150. The van der Waals surface area contributed by atoms with Gasteiger partial charge in [-0.2, -0.15) is 0 Å². The van der Waals surface area contributed by atoms with Gasteiger partial charge in [0.2, 0.25) is 0 Å². The number of nitrogens with one attached hydrogen (secondary N) is 1. The van der Waals surface area contributed by atoms with Gasteiger partial charge in [0.15, 0.2) is 6.61 Å². The van der Waals surface area contributed by atoms with Crippen molar-refractivity contribution in [3.63, 3.8) is 0 Å². The smallest absolute Gasteiger partial charge is 0.269 e. The number of phenolic OH excluding ortho intramolecular Hbond substituents is 1. The highest BCUT2D eigenvalue weighted by atomic mass is 35.5. The van der Waals surface area contributed by atoms with Gasteiger partial charge >= 0.3 is 0 Å². The van der Waals surface area contributed by atoms with Gasteiger partial charge in [-0.3, -0.25) is 19.9 Å². The average Bonchev–Trinajstić information content (AvgIpc) is 2.84. The lowest BCUT2D eigenvalue weighted by molar-refractivity contribution is -0.384. The number of nitro groups is 1. The molecular formula is C24H17Cl2N3O5. The molecule has 0 saturated heterocycles. The lowest BCUT2D eigenvalue weighted by Crippen LogP contribution is -2.33. The summed E-state index contributed by atoms with van der Waals surface area (Å²) in [6, 6.07) is 16.3. The molecule has 0 bridgehead atoms. The first-order valence-corrected chi connectivity index (χ1v) is 10.8. The Hall–Kier alpha value is -3.88. The standard InChI is InChI=1S/C24H17Cl2N3O5/c25-19-9-8-14(29(32)33)11-17(19)22(28-21(30)13-34-15-5-2-1-3-6-15)18-12-20(26)16-7-4-10-27-23(16)24(18)31/h1-12,22,31H,13H2,(H,28,30). The molecule has 1 amide bonds. The van der Waals surface area contributed by atoms with E-state index in [-0.39, 0.29) is 44.7 Å².